The zero-order valence-corrected chi connectivity index (χ0v) is 13.4. The van der Waals surface area contributed by atoms with Crippen molar-refractivity contribution in [2.45, 2.75) is 95.9 Å². The molecule has 1 aliphatic carbocycles. The number of nitrogens with zero attached hydrogens (tertiary/aromatic N) is 1. The van der Waals surface area contributed by atoms with Gasteiger partial charge < -0.3 is 6.15 Å². The maximum absolute atomic E-state index is 11.9. The Labute approximate surface area is 128 Å². The first-order valence-electron chi connectivity index (χ1n) is 8.40. The van der Waals surface area contributed by atoms with E-state index >= 15 is 0 Å². The third kappa shape index (κ3) is 9.56. The second kappa shape index (κ2) is 12.7. The van der Waals surface area contributed by atoms with Gasteiger partial charge in [-0.25, -0.2) is 5.21 Å². The van der Waals surface area contributed by atoms with E-state index in [2.05, 4.69) is 0 Å². The fraction of sp³-hybridized carbons (Fsp3) is 0.938. The smallest absolute Gasteiger partial charge is 0.314 e. The largest absolute Gasteiger partial charge is 0.344 e. The van der Waals surface area contributed by atoms with Crippen LogP contribution in [-0.2, 0) is 4.79 Å². The molecule has 0 radical (unpaired) electrons. The van der Waals surface area contributed by atoms with Crippen LogP contribution in [0.3, 0.4) is 0 Å². The maximum atomic E-state index is 11.9. The summed E-state index contributed by atoms with van der Waals surface area (Å²) in [6.45, 7) is 0. The van der Waals surface area contributed by atoms with E-state index in [1.54, 1.807) is 0 Å². The van der Waals surface area contributed by atoms with Crippen LogP contribution in [0.1, 0.15) is 89.9 Å². The molecule has 5 nitrogen and oxygen atoms in total. The van der Waals surface area contributed by atoms with E-state index in [1.165, 1.54) is 51.4 Å². The predicted molar refractivity (Wildman–Crippen MR) is 83.9 cm³/mol. The second-order valence-corrected chi connectivity index (χ2v) is 6.07. The van der Waals surface area contributed by atoms with Gasteiger partial charge in [0.2, 0.25) is 10.7 Å². The summed E-state index contributed by atoms with van der Waals surface area (Å²) < 4.78 is 0. The highest BCUT2D eigenvalue weighted by molar-refractivity contribution is 5.82. The van der Waals surface area contributed by atoms with Crippen molar-refractivity contribution in [3.05, 3.63) is 4.91 Å². The summed E-state index contributed by atoms with van der Waals surface area (Å²) in [5, 5.41) is 9.09. The van der Waals surface area contributed by atoms with Gasteiger partial charge in [0.05, 0.1) is 4.91 Å². The molecule has 1 rings (SSSR count). The molecule has 21 heavy (non-hydrogen) atoms. The van der Waals surface area contributed by atoms with Gasteiger partial charge in [-0.05, 0) is 12.8 Å². The van der Waals surface area contributed by atoms with Crippen molar-refractivity contribution >= 4 is 5.78 Å². The summed E-state index contributed by atoms with van der Waals surface area (Å²) in [5.41, 5.74) is 0. The van der Waals surface area contributed by atoms with Crippen LogP contribution < -0.4 is 6.15 Å². The van der Waals surface area contributed by atoms with Gasteiger partial charge in [-0.3, -0.25) is 4.79 Å². The molecule has 0 aliphatic heterocycles. The van der Waals surface area contributed by atoms with Gasteiger partial charge in [-0.15, -0.1) is 0 Å². The van der Waals surface area contributed by atoms with Gasteiger partial charge in [0.25, 0.3) is 0 Å². The number of hydrogen-bond acceptors (Lipinski definition) is 3. The van der Waals surface area contributed by atoms with E-state index in [9.17, 15) is 9.70 Å². The van der Waals surface area contributed by atoms with E-state index in [0.717, 1.165) is 25.7 Å². The Morgan fingerprint density at radius 2 is 1.14 bits per heavy atom. The van der Waals surface area contributed by atoms with E-state index < -0.39 is 6.04 Å². The monoisotopic (exact) mass is 301 g/mol. The molecular formula is C16H33N2O3+. The third-order valence-electron chi connectivity index (χ3n) is 4.29. The number of ketones is 1. The molecule has 1 atom stereocenters. The van der Waals surface area contributed by atoms with Gasteiger partial charge in [0.15, 0.2) is 0 Å². The molecule has 0 spiro atoms. The third-order valence-corrected chi connectivity index (χ3v) is 4.29. The molecule has 1 saturated carbocycles. The Bertz CT molecular complexity index is 295. The van der Waals surface area contributed by atoms with Crippen molar-refractivity contribution in [1.82, 2.24) is 6.15 Å². The number of hydrogen-bond donors (Lipinski definition) is 2. The first-order valence-corrected chi connectivity index (χ1v) is 8.40. The van der Waals surface area contributed by atoms with Crippen LogP contribution in [-0.4, -0.2) is 22.0 Å². The minimum absolute atomic E-state index is 0. The summed E-state index contributed by atoms with van der Waals surface area (Å²) in [6.07, 6.45) is 14.9. The van der Waals surface area contributed by atoms with Crippen LogP contribution >= 0.6 is 0 Å². The number of carbonyl (C=O) groups excluding carboxylic acids is 1. The normalized spacial score (nSPS) is 24.0. The van der Waals surface area contributed by atoms with Crippen LogP contribution in [0, 0.1) is 4.91 Å². The average Bonchev–Trinajstić information content (AvgIpc) is 2.41. The molecule has 0 aromatic rings. The minimum Gasteiger partial charge on any atom is -0.344 e. The van der Waals surface area contributed by atoms with Crippen molar-refractivity contribution in [2.75, 3.05) is 0 Å². The Hall–Kier alpha value is -0.970. The summed E-state index contributed by atoms with van der Waals surface area (Å²) >= 11 is 0. The quantitative estimate of drug-likeness (QED) is 0.685. The van der Waals surface area contributed by atoms with Crippen molar-refractivity contribution < 1.29 is 14.9 Å². The average molecular weight is 301 g/mol. The molecule has 0 heterocycles. The van der Waals surface area contributed by atoms with E-state index in [1.807, 2.05) is 0 Å². The van der Waals surface area contributed by atoms with E-state index in [-0.39, 0.29) is 16.9 Å². The van der Waals surface area contributed by atoms with Gasteiger partial charge in [0.1, 0.15) is 0 Å². The number of Topliss-reactive ketones (excluding diaryl/α,β-unsaturated/α-hetero) is 1. The van der Waals surface area contributed by atoms with E-state index in [0.29, 0.717) is 12.8 Å². The minimum atomic E-state index is -0.831. The lowest BCUT2D eigenvalue weighted by atomic mass is 9.98. The SMILES string of the molecule is N.O=C1CCCCCCCCCCCCCCC1[N+](=O)O. The lowest BCUT2D eigenvalue weighted by molar-refractivity contribution is -0.806. The molecule has 0 aromatic carbocycles. The van der Waals surface area contributed by atoms with Crippen molar-refractivity contribution in [3.63, 3.8) is 0 Å². The summed E-state index contributed by atoms with van der Waals surface area (Å²) in [5.74, 6) is -0.0883. The highest BCUT2D eigenvalue weighted by atomic mass is 16.6. The molecule has 1 fully saturated rings. The Balaban J connectivity index is 0.00000400. The van der Waals surface area contributed by atoms with Crippen molar-refractivity contribution in [2.24, 2.45) is 0 Å². The molecule has 0 bridgehead atoms. The van der Waals surface area contributed by atoms with Crippen LogP contribution in [0.5, 0.6) is 0 Å². The fourth-order valence-corrected chi connectivity index (χ4v) is 2.97. The standard InChI is InChI=1S/C16H30NO3.H3N/c18-16-14-12-10-8-6-4-2-1-3-5-7-9-11-13-15(16)17(19)20;/h15H,1-14H2,(H,19,20);1H3/q+1;. The maximum Gasteiger partial charge on any atom is 0.314 e. The molecule has 4 N–H and O–H groups in total. The Morgan fingerprint density at radius 1 is 0.762 bits per heavy atom. The molecule has 0 amide bonds. The van der Waals surface area contributed by atoms with Gasteiger partial charge in [0, 0.05) is 12.8 Å². The highest BCUT2D eigenvalue weighted by Crippen LogP contribution is 2.16. The number of rotatable bonds is 1. The number of carbonyl (C=O) groups is 1. The van der Waals surface area contributed by atoms with Gasteiger partial charge >= 0.3 is 6.04 Å². The fourth-order valence-electron chi connectivity index (χ4n) is 2.97. The Kier molecular flexibility index (Phi) is 12.2. The highest BCUT2D eigenvalue weighted by Gasteiger charge is 2.32. The molecule has 124 valence electrons. The molecule has 0 aromatic heterocycles. The summed E-state index contributed by atoms with van der Waals surface area (Å²) in [6, 6.07) is -0.831. The zero-order valence-electron chi connectivity index (χ0n) is 13.4. The topological polar surface area (TPSA) is 92.4 Å². The zero-order chi connectivity index (χ0) is 14.6. The second-order valence-electron chi connectivity index (χ2n) is 6.07. The van der Waals surface area contributed by atoms with Crippen LogP contribution in [0.4, 0.5) is 0 Å². The van der Waals surface area contributed by atoms with Gasteiger partial charge in [-0.2, -0.15) is 0 Å². The van der Waals surface area contributed by atoms with Crippen LogP contribution in [0.2, 0.25) is 0 Å². The summed E-state index contributed by atoms with van der Waals surface area (Å²) in [4.78, 5) is 22.9. The molecule has 1 aliphatic rings. The van der Waals surface area contributed by atoms with Crippen molar-refractivity contribution in [1.29, 1.82) is 0 Å². The van der Waals surface area contributed by atoms with Crippen LogP contribution in [0.15, 0.2) is 0 Å². The van der Waals surface area contributed by atoms with Crippen LogP contribution in [0.25, 0.3) is 0 Å². The van der Waals surface area contributed by atoms with E-state index in [4.69, 9.17) is 5.21 Å². The molecule has 5 heteroatoms. The molecule has 1 unspecified atom stereocenters. The lowest BCUT2D eigenvalue weighted by Crippen LogP contribution is -2.30. The van der Waals surface area contributed by atoms with Gasteiger partial charge in [-0.1, -0.05) is 64.2 Å². The summed E-state index contributed by atoms with van der Waals surface area (Å²) in [7, 11) is 0. The first kappa shape index (κ1) is 20.0. The van der Waals surface area contributed by atoms with Crippen molar-refractivity contribution in [3.8, 4) is 0 Å². The predicted octanol–water partition coefficient (Wildman–Crippen LogP) is 4.73. The Morgan fingerprint density at radius 3 is 1.57 bits per heavy atom. The first-order chi connectivity index (χ1) is 9.72. The molecule has 0 saturated heterocycles. The molecular weight excluding hydrogens is 268 g/mol. The lowest BCUT2D eigenvalue weighted by Gasteiger charge is -2.07.